The van der Waals surface area contributed by atoms with Crippen LogP contribution in [-0.4, -0.2) is 55.7 Å². The molecule has 4 rings (SSSR count). The van der Waals surface area contributed by atoms with Crippen molar-refractivity contribution in [2.24, 2.45) is 0 Å². The molecule has 1 aliphatic heterocycles. The van der Waals surface area contributed by atoms with E-state index < -0.39 is 10.1 Å². The molecule has 1 aromatic heterocycles. The molecule has 1 aliphatic carbocycles. The lowest BCUT2D eigenvalue weighted by Gasteiger charge is -2.26. The van der Waals surface area contributed by atoms with Gasteiger partial charge >= 0.3 is 0 Å². The largest absolute Gasteiger partial charge is 0.497 e. The Hall–Kier alpha value is -2.15. The molecule has 2 unspecified atom stereocenters. The number of aromatic nitrogens is 1. The fourth-order valence-electron chi connectivity index (χ4n) is 4.64. The van der Waals surface area contributed by atoms with Crippen LogP contribution in [0.1, 0.15) is 37.3 Å². The van der Waals surface area contributed by atoms with Gasteiger partial charge in [0.25, 0.3) is 15.1 Å². The third-order valence-electron chi connectivity index (χ3n) is 6.55. The minimum absolute atomic E-state index is 0.261. The van der Waals surface area contributed by atoms with E-state index in [4.69, 9.17) is 14.5 Å². The molecule has 1 saturated heterocycles. The lowest BCUT2D eigenvalue weighted by molar-refractivity contribution is -0.668. The number of thioether (sulfide) groups is 1. The van der Waals surface area contributed by atoms with Gasteiger partial charge in [0.15, 0.2) is 6.54 Å². The molecule has 1 aromatic carbocycles. The van der Waals surface area contributed by atoms with E-state index in [0.717, 1.165) is 39.5 Å². The molecule has 38 heavy (non-hydrogen) atoms. The Bertz CT molecular complexity index is 1380. The van der Waals surface area contributed by atoms with E-state index in [0.29, 0.717) is 24.8 Å². The maximum atomic E-state index is 11.4. The Morgan fingerprint density at radius 3 is 2.76 bits per heavy atom. The van der Waals surface area contributed by atoms with Gasteiger partial charge < -0.3 is 9.64 Å². The summed E-state index contributed by atoms with van der Waals surface area (Å²) in [6.07, 6.45) is 12.1. The quantitative estimate of drug-likeness (QED) is 0.161. The van der Waals surface area contributed by atoms with E-state index in [1.165, 1.54) is 17.7 Å². The number of benzene rings is 1. The van der Waals surface area contributed by atoms with Crippen LogP contribution in [0.2, 0.25) is 0 Å². The van der Waals surface area contributed by atoms with Crippen LogP contribution in [0.5, 0.6) is 0 Å². The number of rotatable bonds is 12. The summed E-state index contributed by atoms with van der Waals surface area (Å²) in [5.74, 6) is 0.608. The zero-order valence-corrected chi connectivity index (χ0v) is 24.6. The highest BCUT2D eigenvalue weighted by atomic mass is 32.2. The Balaban J connectivity index is 1.70. The van der Waals surface area contributed by atoms with Crippen molar-refractivity contribution < 1.29 is 32.0 Å². The van der Waals surface area contributed by atoms with Crippen molar-refractivity contribution >= 4 is 49.5 Å². The first kappa shape index (κ1) is 28.8. The second kappa shape index (κ2) is 12.8. The van der Waals surface area contributed by atoms with Crippen molar-refractivity contribution in [3.8, 4) is 0 Å². The number of likely N-dealkylation sites (N-methyl/N-ethyl adjacent to an activating group) is 1. The van der Waals surface area contributed by atoms with Gasteiger partial charge in [-0.2, -0.15) is 13.0 Å². The maximum absolute atomic E-state index is 11.4. The van der Waals surface area contributed by atoms with Crippen LogP contribution in [0.15, 0.2) is 58.9 Å². The molecule has 1 N–H and O–H groups in total. The highest BCUT2D eigenvalue weighted by molar-refractivity contribution is 8.04. The third-order valence-corrected chi connectivity index (χ3v) is 9.77. The first-order valence-electron chi connectivity index (χ1n) is 12.6. The number of methoxy groups -OCH3 is 1. The molecule has 2 aliphatic rings. The Morgan fingerprint density at radius 2 is 2.08 bits per heavy atom. The highest BCUT2D eigenvalue weighted by Crippen LogP contribution is 2.43. The molecule has 8 nitrogen and oxygen atoms in total. The predicted molar refractivity (Wildman–Crippen MR) is 153 cm³/mol. The van der Waals surface area contributed by atoms with E-state index in [2.05, 4.69) is 53.7 Å². The summed E-state index contributed by atoms with van der Waals surface area (Å²) < 4.78 is 40.7. The number of hydrogen-bond donors (Lipinski definition) is 1. The fourth-order valence-corrected chi connectivity index (χ4v) is 7.69. The Morgan fingerprint density at radius 1 is 1.26 bits per heavy atom. The summed E-state index contributed by atoms with van der Waals surface area (Å²) in [5.41, 5.74) is 3.13. The van der Waals surface area contributed by atoms with Crippen LogP contribution >= 0.6 is 23.1 Å². The molecule has 11 heteroatoms. The number of aryl methyl sites for hydroxylation is 1. The van der Waals surface area contributed by atoms with Crippen LogP contribution in [0, 0.1) is 0 Å². The molecule has 0 spiro atoms. The number of nitrogens with zero attached hydrogens (tertiary/aromatic N) is 2. The molecule has 206 valence electrons. The van der Waals surface area contributed by atoms with E-state index in [9.17, 15) is 13.0 Å². The predicted octanol–water partition coefficient (Wildman–Crippen LogP) is 5.09. The molecule has 2 aromatic rings. The van der Waals surface area contributed by atoms with Gasteiger partial charge in [-0.05, 0) is 48.8 Å². The van der Waals surface area contributed by atoms with Gasteiger partial charge in [-0.1, -0.05) is 42.2 Å². The SMILES string of the molecule is CCC(=C/c1sc2ccc(COOC)cc2[n+]1CCCS(=O)(=O)O)/C=C1/SC2C=CC(OC)=CC2N1CC. The third kappa shape index (κ3) is 6.88. The lowest BCUT2D eigenvalue weighted by Crippen LogP contribution is -2.36. The molecule has 2 heterocycles. The molecule has 0 radical (unpaired) electrons. The summed E-state index contributed by atoms with van der Waals surface area (Å²) >= 11 is 3.53. The molecule has 1 fully saturated rings. The molecule has 0 amide bonds. The van der Waals surface area contributed by atoms with E-state index >= 15 is 0 Å². The first-order chi connectivity index (χ1) is 18.3. The van der Waals surface area contributed by atoms with Crippen LogP contribution in [-0.2, 0) is 37.8 Å². The van der Waals surface area contributed by atoms with Crippen molar-refractivity contribution in [1.29, 1.82) is 0 Å². The maximum Gasteiger partial charge on any atom is 0.265 e. The highest BCUT2D eigenvalue weighted by Gasteiger charge is 2.36. The van der Waals surface area contributed by atoms with Crippen LogP contribution in [0.3, 0.4) is 0 Å². The lowest BCUT2D eigenvalue weighted by atomic mass is 10.1. The summed E-state index contributed by atoms with van der Waals surface area (Å²) in [6, 6.07) is 6.36. The second-order valence-corrected chi connectivity index (χ2v) is 12.8. The van der Waals surface area contributed by atoms with Crippen molar-refractivity contribution in [2.75, 3.05) is 26.5 Å². The smallest absolute Gasteiger partial charge is 0.265 e. The molecule has 0 bridgehead atoms. The molecular weight excluding hydrogens is 545 g/mol. The second-order valence-electron chi connectivity index (χ2n) is 9.01. The number of allylic oxidation sites excluding steroid dienone is 3. The zero-order chi connectivity index (χ0) is 27.3. The van der Waals surface area contributed by atoms with Crippen LogP contribution in [0.25, 0.3) is 16.3 Å². The topological polar surface area (TPSA) is 89.2 Å². The van der Waals surface area contributed by atoms with Gasteiger partial charge in [-0.15, -0.1) is 0 Å². The standard InChI is InChI=1S/C27H34N2O6S3/c1-5-19(15-26-28(6-2)23-17-21(33-3)9-11-25(23)36-26)16-27-29(12-7-13-38(30,31)32)22-14-20(18-35-34-4)8-10-24(22)37-27/h8-11,14-17,23,25H,5-7,12-13,18H2,1-4H3/p+1. The first-order valence-corrected chi connectivity index (χ1v) is 15.9. The van der Waals surface area contributed by atoms with Crippen molar-refractivity contribution in [3.05, 3.63) is 69.4 Å². The normalized spacial score (nSPS) is 20.9. The van der Waals surface area contributed by atoms with Gasteiger partial charge in [0, 0.05) is 25.1 Å². The summed E-state index contributed by atoms with van der Waals surface area (Å²) in [4.78, 5) is 12.3. The minimum atomic E-state index is -4.03. The van der Waals surface area contributed by atoms with E-state index in [1.807, 2.05) is 30.0 Å². The average molecular weight is 580 g/mol. The minimum Gasteiger partial charge on any atom is -0.497 e. The van der Waals surface area contributed by atoms with Gasteiger partial charge in [0.2, 0.25) is 5.52 Å². The van der Waals surface area contributed by atoms with E-state index in [1.54, 1.807) is 18.4 Å². The van der Waals surface area contributed by atoms with Gasteiger partial charge in [0.1, 0.15) is 17.1 Å². The zero-order valence-electron chi connectivity index (χ0n) is 22.1. The van der Waals surface area contributed by atoms with Crippen molar-refractivity contribution in [3.63, 3.8) is 0 Å². The number of ether oxygens (including phenoxy) is 1. The van der Waals surface area contributed by atoms with E-state index in [-0.39, 0.29) is 11.8 Å². The molecular formula is C27H35N2O6S3+. The van der Waals surface area contributed by atoms with Gasteiger partial charge in [-0.3, -0.25) is 4.55 Å². The fraction of sp³-hybridized carbons (Fsp3) is 0.444. The van der Waals surface area contributed by atoms with Crippen molar-refractivity contribution in [1.82, 2.24) is 4.90 Å². The number of fused-ring (bicyclic) bond motifs is 2. The summed E-state index contributed by atoms with van der Waals surface area (Å²) in [7, 11) is -0.855. The summed E-state index contributed by atoms with van der Waals surface area (Å²) in [6.45, 7) is 5.98. The molecule has 2 atom stereocenters. The monoisotopic (exact) mass is 579 g/mol. The molecule has 0 saturated carbocycles. The number of thiazole rings is 1. The van der Waals surface area contributed by atoms with Crippen LogP contribution in [0.4, 0.5) is 0 Å². The Kier molecular flexibility index (Phi) is 9.72. The average Bonchev–Trinajstić information content (AvgIpc) is 3.42. The van der Waals surface area contributed by atoms with Gasteiger partial charge in [0.05, 0.1) is 36.3 Å². The van der Waals surface area contributed by atoms with Gasteiger partial charge in [-0.25, -0.2) is 9.78 Å². The van der Waals surface area contributed by atoms with Crippen molar-refractivity contribution in [2.45, 2.75) is 51.1 Å². The number of hydrogen-bond acceptors (Lipinski definition) is 8. The van der Waals surface area contributed by atoms with Crippen LogP contribution < -0.4 is 4.57 Å². The summed E-state index contributed by atoms with van der Waals surface area (Å²) in [5, 5.41) is 2.60. The Labute approximate surface area is 232 Å².